The van der Waals surface area contributed by atoms with Crippen LogP contribution >= 0.6 is 11.8 Å². The first-order valence-corrected chi connectivity index (χ1v) is 6.53. The van der Waals surface area contributed by atoms with Gasteiger partial charge in [0.15, 0.2) is 0 Å². The minimum Gasteiger partial charge on any atom is -0.497 e. The minimum absolute atomic E-state index is 0.133. The van der Waals surface area contributed by atoms with Gasteiger partial charge in [0.1, 0.15) is 12.0 Å². The Balaban J connectivity index is 2.12. The number of aromatic nitrogens is 1. The fraction of sp³-hybridized carbons (Fsp3) is 0.308. The van der Waals surface area contributed by atoms with Crippen LogP contribution in [-0.4, -0.2) is 18.6 Å². The summed E-state index contributed by atoms with van der Waals surface area (Å²) in [4.78, 5) is 4.27. The summed E-state index contributed by atoms with van der Waals surface area (Å²) in [5.41, 5.74) is 7.82. The van der Waals surface area contributed by atoms with Crippen LogP contribution in [0.2, 0.25) is 0 Å². The zero-order valence-corrected chi connectivity index (χ0v) is 11.2. The first-order valence-electron chi connectivity index (χ1n) is 5.65. The number of thioether (sulfide) groups is 1. The van der Waals surface area contributed by atoms with Gasteiger partial charge in [0, 0.05) is 6.54 Å². The number of benzene rings is 1. The molecule has 4 nitrogen and oxygen atoms in total. The summed E-state index contributed by atoms with van der Waals surface area (Å²) in [6.07, 6.45) is 1.64. The Labute approximate surface area is 111 Å². The van der Waals surface area contributed by atoms with E-state index in [1.807, 2.05) is 31.2 Å². The molecule has 0 aliphatic heterocycles. The molecule has 1 aromatic heterocycles. The van der Waals surface area contributed by atoms with E-state index in [1.54, 1.807) is 13.4 Å². The van der Waals surface area contributed by atoms with Gasteiger partial charge in [0.2, 0.25) is 0 Å². The van der Waals surface area contributed by atoms with Gasteiger partial charge in [0.05, 0.1) is 18.1 Å². The van der Waals surface area contributed by atoms with Crippen molar-refractivity contribution in [3.05, 3.63) is 41.8 Å². The van der Waals surface area contributed by atoms with Crippen LogP contribution in [-0.2, 0) is 0 Å². The number of methoxy groups -OCH3 is 1. The van der Waals surface area contributed by atoms with Crippen LogP contribution in [0.3, 0.4) is 0 Å². The molecular formula is C13H16N2O2S. The van der Waals surface area contributed by atoms with Gasteiger partial charge >= 0.3 is 0 Å². The van der Waals surface area contributed by atoms with E-state index in [4.69, 9.17) is 14.9 Å². The lowest BCUT2D eigenvalue weighted by Gasteiger charge is -2.12. The zero-order chi connectivity index (χ0) is 13.0. The Bertz CT molecular complexity index is 496. The molecule has 0 saturated carbocycles. The molecule has 1 unspecified atom stereocenters. The molecular weight excluding hydrogens is 248 g/mol. The molecule has 0 amide bonds. The first kappa shape index (κ1) is 13.0. The van der Waals surface area contributed by atoms with Crippen LogP contribution in [0.4, 0.5) is 0 Å². The number of nitrogens with two attached hydrogens (primary N) is 1. The molecule has 2 aromatic rings. The number of rotatable bonds is 5. The third kappa shape index (κ3) is 3.05. The molecule has 0 radical (unpaired) electrons. The van der Waals surface area contributed by atoms with E-state index >= 15 is 0 Å². The second kappa shape index (κ2) is 5.93. The van der Waals surface area contributed by atoms with Crippen LogP contribution in [0, 0.1) is 6.92 Å². The summed E-state index contributed by atoms with van der Waals surface area (Å²) in [5, 5.41) is 0.785. The predicted octanol–water partition coefficient (Wildman–Crippen LogP) is 2.78. The maximum atomic E-state index is 5.81. The topological polar surface area (TPSA) is 61.3 Å². The lowest BCUT2D eigenvalue weighted by molar-refractivity contribution is 0.414. The fourth-order valence-electron chi connectivity index (χ4n) is 1.58. The molecule has 0 bridgehead atoms. The van der Waals surface area contributed by atoms with Crippen molar-refractivity contribution in [2.45, 2.75) is 17.4 Å². The molecule has 0 saturated heterocycles. The number of hydrogen-bond acceptors (Lipinski definition) is 5. The van der Waals surface area contributed by atoms with Gasteiger partial charge in [-0.3, -0.25) is 0 Å². The standard InChI is InChI=1S/C13H16N2O2S/c1-9-8-17-13(15-9)18-12(7-14)10-3-5-11(16-2)6-4-10/h3-6,8,12H,7,14H2,1-2H3. The molecule has 0 aliphatic rings. The number of ether oxygens (including phenoxy) is 1. The van der Waals surface area contributed by atoms with Crippen LogP contribution in [0.15, 0.2) is 40.2 Å². The van der Waals surface area contributed by atoms with Gasteiger partial charge < -0.3 is 14.9 Å². The summed E-state index contributed by atoms with van der Waals surface area (Å²) in [6.45, 7) is 2.43. The lowest BCUT2D eigenvalue weighted by atomic mass is 10.1. The van der Waals surface area contributed by atoms with Crippen molar-refractivity contribution in [3.63, 3.8) is 0 Å². The predicted molar refractivity (Wildman–Crippen MR) is 71.9 cm³/mol. The summed E-state index contributed by atoms with van der Waals surface area (Å²) in [7, 11) is 1.65. The molecule has 2 N–H and O–H groups in total. The quantitative estimate of drug-likeness (QED) is 0.841. The Hall–Kier alpha value is -1.46. The van der Waals surface area contributed by atoms with E-state index in [1.165, 1.54) is 11.8 Å². The van der Waals surface area contributed by atoms with Crippen LogP contribution in [0.5, 0.6) is 5.75 Å². The second-order valence-corrected chi connectivity index (χ2v) is 5.02. The van der Waals surface area contributed by atoms with E-state index in [0.717, 1.165) is 17.0 Å². The number of nitrogens with zero attached hydrogens (tertiary/aromatic N) is 1. The number of aryl methyl sites for hydroxylation is 1. The van der Waals surface area contributed by atoms with Crippen molar-refractivity contribution >= 4 is 11.8 Å². The second-order valence-electron chi connectivity index (χ2n) is 3.87. The lowest BCUT2D eigenvalue weighted by Crippen LogP contribution is -2.09. The molecule has 18 heavy (non-hydrogen) atoms. The highest BCUT2D eigenvalue weighted by molar-refractivity contribution is 7.99. The van der Waals surface area contributed by atoms with E-state index in [9.17, 15) is 0 Å². The normalized spacial score (nSPS) is 12.4. The van der Waals surface area contributed by atoms with E-state index in [2.05, 4.69) is 4.98 Å². The highest BCUT2D eigenvalue weighted by atomic mass is 32.2. The Kier molecular flexibility index (Phi) is 4.28. The molecule has 1 heterocycles. The molecule has 2 rings (SSSR count). The zero-order valence-electron chi connectivity index (χ0n) is 10.4. The average molecular weight is 264 g/mol. The molecule has 0 spiro atoms. The van der Waals surface area contributed by atoms with E-state index < -0.39 is 0 Å². The Morgan fingerprint density at radius 1 is 1.39 bits per heavy atom. The number of oxazole rings is 1. The smallest absolute Gasteiger partial charge is 0.256 e. The average Bonchev–Trinajstić information content (AvgIpc) is 2.82. The maximum absolute atomic E-state index is 5.81. The third-order valence-electron chi connectivity index (χ3n) is 2.54. The van der Waals surface area contributed by atoms with Crippen LogP contribution in [0.25, 0.3) is 0 Å². The highest BCUT2D eigenvalue weighted by Crippen LogP contribution is 2.34. The van der Waals surface area contributed by atoms with Crippen molar-refractivity contribution in [2.75, 3.05) is 13.7 Å². The summed E-state index contributed by atoms with van der Waals surface area (Å²) < 4.78 is 10.5. The van der Waals surface area contributed by atoms with Crippen LogP contribution < -0.4 is 10.5 Å². The molecule has 0 fully saturated rings. The summed E-state index contributed by atoms with van der Waals surface area (Å²) >= 11 is 1.53. The van der Waals surface area contributed by atoms with Crippen molar-refractivity contribution in [1.29, 1.82) is 0 Å². The summed E-state index contributed by atoms with van der Waals surface area (Å²) in [5.74, 6) is 0.839. The van der Waals surface area contributed by atoms with Gasteiger partial charge in [-0.25, -0.2) is 4.98 Å². The number of hydrogen-bond donors (Lipinski definition) is 1. The largest absolute Gasteiger partial charge is 0.497 e. The molecule has 0 aliphatic carbocycles. The Morgan fingerprint density at radius 2 is 2.11 bits per heavy atom. The molecule has 96 valence electrons. The minimum atomic E-state index is 0.133. The molecule has 5 heteroatoms. The van der Waals surface area contributed by atoms with Crippen molar-refractivity contribution < 1.29 is 9.15 Å². The molecule has 1 aromatic carbocycles. The SMILES string of the molecule is COc1ccc(C(CN)Sc2nc(C)co2)cc1. The van der Waals surface area contributed by atoms with Crippen LogP contribution in [0.1, 0.15) is 16.5 Å². The van der Waals surface area contributed by atoms with Gasteiger partial charge in [-0.05, 0) is 24.6 Å². The molecule has 1 atom stereocenters. The first-order chi connectivity index (χ1) is 8.72. The van der Waals surface area contributed by atoms with Crippen molar-refractivity contribution in [2.24, 2.45) is 5.73 Å². The van der Waals surface area contributed by atoms with E-state index in [-0.39, 0.29) is 5.25 Å². The van der Waals surface area contributed by atoms with Gasteiger partial charge in [-0.1, -0.05) is 23.9 Å². The van der Waals surface area contributed by atoms with Gasteiger partial charge in [0.25, 0.3) is 5.22 Å². The van der Waals surface area contributed by atoms with Gasteiger partial charge in [-0.15, -0.1) is 0 Å². The monoisotopic (exact) mass is 264 g/mol. The van der Waals surface area contributed by atoms with Crippen molar-refractivity contribution in [1.82, 2.24) is 4.98 Å². The maximum Gasteiger partial charge on any atom is 0.256 e. The fourth-order valence-corrected chi connectivity index (χ4v) is 2.51. The van der Waals surface area contributed by atoms with Crippen molar-refractivity contribution in [3.8, 4) is 5.75 Å². The third-order valence-corrected chi connectivity index (χ3v) is 3.68. The Morgan fingerprint density at radius 3 is 2.61 bits per heavy atom. The summed E-state index contributed by atoms with van der Waals surface area (Å²) in [6, 6.07) is 7.89. The van der Waals surface area contributed by atoms with E-state index in [0.29, 0.717) is 11.8 Å². The van der Waals surface area contributed by atoms with Gasteiger partial charge in [-0.2, -0.15) is 0 Å². The highest BCUT2D eigenvalue weighted by Gasteiger charge is 2.14.